The highest BCUT2D eigenvalue weighted by molar-refractivity contribution is 8.76. The smallest absolute Gasteiger partial charge is 0.0873 e. The lowest BCUT2D eigenvalue weighted by molar-refractivity contribution is 0.318. The average molecular weight is 356 g/mol. The van der Waals surface area contributed by atoms with E-state index in [1.54, 1.807) is 21.6 Å². The first kappa shape index (κ1) is 15.6. The predicted molar refractivity (Wildman–Crippen MR) is 97.9 cm³/mol. The number of hydrogen-bond donors (Lipinski definition) is 2. The van der Waals surface area contributed by atoms with E-state index in [4.69, 9.17) is 10.4 Å². The lowest BCUT2D eigenvalue weighted by Gasteiger charge is -2.06. The standard InChI is InChI=1S/C18H16N2O2S2/c21-19-17-7-1-11-9-13(3-5-15(11)17)23-24-14-4-6-16-12(10-14)2-8-18(16)20-22/h3-6,9-10,21-22H,1-2,7-8H2/b19-17-,20-18-. The van der Waals surface area contributed by atoms with Gasteiger partial charge in [-0.1, -0.05) is 44.0 Å². The topological polar surface area (TPSA) is 65.2 Å². The number of benzene rings is 2. The molecule has 4 nitrogen and oxygen atoms in total. The van der Waals surface area contributed by atoms with Gasteiger partial charge in [0.15, 0.2) is 0 Å². The average Bonchev–Trinajstić information content (AvgIpc) is 3.22. The van der Waals surface area contributed by atoms with E-state index in [1.807, 2.05) is 12.1 Å². The zero-order chi connectivity index (χ0) is 16.5. The van der Waals surface area contributed by atoms with Gasteiger partial charge in [0, 0.05) is 20.9 Å². The first-order valence-electron chi connectivity index (χ1n) is 7.81. The van der Waals surface area contributed by atoms with Crippen LogP contribution in [0.25, 0.3) is 0 Å². The van der Waals surface area contributed by atoms with E-state index in [0.29, 0.717) is 0 Å². The van der Waals surface area contributed by atoms with Gasteiger partial charge in [-0.25, -0.2) is 0 Å². The summed E-state index contributed by atoms with van der Waals surface area (Å²) in [6, 6.07) is 12.6. The van der Waals surface area contributed by atoms with Crippen LogP contribution in [0.15, 0.2) is 56.5 Å². The van der Waals surface area contributed by atoms with E-state index in [9.17, 15) is 0 Å². The summed E-state index contributed by atoms with van der Waals surface area (Å²) in [6.45, 7) is 0. The molecule has 0 radical (unpaired) electrons. The van der Waals surface area contributed by atoms with E-state index in [0.717, 1.165) is 48.2 Å². The zero-order valence-electron chi connectivity index (χ0n) is 12.9. The molecule has 4 rings (SSSR count). The number of aryl methyl sites for hydroxylation is 2. The maximum Gasteiger partial charge on any atom is 0.0873 e. The van der Waals surface area contributed by atoms with E-state index in [2.05, 4.69) is 34.6 Å². The molecule has 2 aromatic carbocycles. The van der Waals surface area contributed by atoms with Gasteiger partial charge in [-0.15, -0.1) is 0 Å². The van der Waals surface area contributed by atoms with Crippen molar-refractivity contribution in [1.82, 2.24) is 0 Å². The van der Waals surface area contributed by atoms with Crippen LogP contribution in [0.1, 0.15) is 35.1 Å². The molecule has 0 spiro atoms. The van der Waals surface area contributed by atoms with Crippen LogP contribution in [0.5, 0.6) is 0 Å². The molecule has 0 bridgehead atoms. The highest BCUT2D eigenvalue weighted by Crippen LogP contribution is 2.40. The Balaban J connectivity index is 1.48. The van der Waals surface area contributed by atoms with Gasteiger partial charge < -0.3 is 10.4 Å². The van der Waals surface area contributed by atoms with Crippen molar-refractivity contribution in [1.29, 1.82) is 0 Å². The maximum atomic E-state index is 9.00. The summed E-state index contributed by atoms with van der Waals surface area (Å²) in [5.74, 6) is 0. The number of rotatable bonds is 3. The molecule has 0 saturated carbocycles. The third kappa shape index (κ3) is 2.80. The molecule has 0 aromatic heterocycles. The maximum absolute atomic E-state index is 9.00. The van der Waals surface area contributed by atoms with Crippen LogP contribution >= 0.6 is 21.6 Å². The van der Waals surface area contributed by atoms with Crippen LogP contribution in [0, 0.1) is 0 Å². The highest BCUT2D eigenvalue weighted by Gasteiger charge is 2.20. The molecule has 2 N–H and O–H groups in total. The lowest BCUT2D eigenvalue weighted by atomic mass is 10.1. The minimum absolute atomic E-state index is 0.786. The Morgan fingerprint density at radius 1 is 0.667 bits per heavy atom. The van der Waals surface area contributed by atoms with Gasteiger partial charge in [-0.2, -0.15) is 0 Å². The Bertz CT molecular complexity index is 791. The van der Waals surface area contributed by atoms with E-state index in [-0.39, 0.29) is 0 Å². The normalized spacial score (nSPS) is 19.0. The van der Waals surface area contributed by atoms with Gasteiger partial charge in [-0.05, 0) is 61.1 Å². The van der Waals surface area contributed by atoms with Crippen molar-refractivity contribution in [2.75, 3.05) is 0 Å². The monoisotopic (exact) mass is 356 g/mol. The van der Waals surface area contributed by atoms with E-state index < -0.39 is 0 Å². The Morgan fingerprint density at radius 3 is 1.54 bits per heavy atom. The SMILES string of the molecule is O/N=C1/CCc2cc(SSc3ccc4c(c3)CC/C4=N/O)ccc21. The summed E-state index contributed by atoms with van der Waals surface area (Å²) in [5, 5.41) is 24.8. The molecule has 122 valence electrons. The molecule has 2 aliphatic carbocycles. The zero-order valence-corrected chi connectivity index (χ0v) is 14.5. The van der Waals surface area contributed by atoms with Gasteiger partial charge in [0.1, 0.15) is 0 Å². The van der Waals surface area contributed by atoms with Gasteiger partial charge in [0.2, 0.25) is 0 Å². The number of fused-ring (bicyclic) bond motifs is 2. The van der Waals surface area contributed by atoms with Crippen LogP contribution in [0.3, 0.4) is 0 Å². The van der Waals surface area contributed by atoms with Crippen molar-refractivity contribution in [3.63, 3.8) is 0 Å². The Hall–Kier alpha value is -1.92. The first-order valence-corrected chi connectivity index (χ1v) is 9.96. The summed E-state index contributed by atoms with van der Waals surface area (Å²) >= 11 is 0. The fourth-order valence-electron chi connectivity index (χ4n) is 3.30. The van der Waals surface area contributed by atoms with Crippen molar-refractivity contribution in [2.45, 2.75) is 35.5 Å². The van der Waals surface area contributed by atoms with Gasteiger partial charge in [0.05, 0.1) is 11.4 Å². The van der Waals surface area contributed by atoms with Crippen LogP contribution < -0.4 is 0 Å². The molecule has 0 fully saturated rings. The van der Waals surface area contributed by atoms with Crippen LogP contribution in [-0.2, 0) is 12.8 Å². The summed E-state index contributed by atoms with van der Waals surface area (Å²) in [7, 11) is 3.47. The van der Waals surface area contributed by atoms with Gasteiger partial charge >= 0.3 is 0 Å². The first-order chi connectivity index (χ1) is 11.8. The van der Waals surface area contributed by atoms with Crippen LogP contribution in [-0.4, -0.2) is 21.8 Å². The number of nitrogens with zero attached hydrogens (tertiary/aromatic N) is 2. The van der Waals surface area contributed by atoms with Gasteiger partial charge in [-0.3, -0.25) is 0 Å². The number of hydrogen-bond acceptors (Lipinski definition) is 6. The molecule has 0 amide bonds. The van der Waals surface area contributed by atoms with Crippen molar-refractivity contribution >= 4 is 33.0 Å². The van der Waals surface area contributed by atoms with Gasteiger partial charge in [0.25, 0.3) is 0 Å². The predicted octanol–water partition coefficient (Wildman–Crippen LogP) is 4.74. The quantitative estimate of drug-likeness (QED) is 0.474. The molecule has 2 aliphatic rings. The summed E-state index contributed by atoms with van der Waals surface area (Å²) in [4.78, 5) is 2.41. The van der Waals surface area contributed by atoms with Crippen LogP contribution in [0.2, 0.25) is 0 Å². The third-order valence-corrected chi connectivity index (χ3v) is 6.89. The molecule has 0 aliphatic heterocycles. The lowest BCUT2D eigenvalue weighted by Crippen LogP contribution is -1.93. The molecule has 0 atom stereocenters. The molecule has 6 heteroatoms. The summed E-state index contributed by atoms with van der Waals surface area (Å²) < 4.78 is 0. The molecule has 2 aromatic rings. The van der Waals surface area contributed by atoms with E-state index in [1.165, 1.54) is 20.9 Å². The Morgan fingerprint density at radius 2 is 1.12 bits per heavy atom. The highest BCUT2D eigenvalue weighted by atomic mass is 33.1. The van der Waals surface area contributed by atoms with E-state index >= 15 is 0 Å². The van der Waals surface area contributed by atoms with Crippen molar-refractivity contribution in [3.8, 4) is 0 Å². The summed E-state index contributed by atoms with van der Waals surface area (Å²) in [6.07, 6.45) is 3.51. The molecular formula is C18H16N2O2S2. The molecule has 0 heterocycles. The third-order valence-electron chi connectivity index (χ3n) is 4.51. The molecule has 0 saturated heterocycles. The number of oxime groups is 2. The Labute approximate surface area is 148 Å². The largest absolute Gasteiger partial charge is 0.411 e. The second kappa shape index (κ2) is 6.53. The second-order valence-corrected chi connectivity index (χ2v) is 8.17. The molecule has 24 heavy (non-hydrogen) atoms. The summed E-state index contributed by atoms with van der Waals surface area (Å²) in [5.41, 5.74) is 6.22. The Kier molecular flexibility index (Phi) is 4.24. The molecular weight excluding hydrogens is 340 g/mol. The van der Waals surface area contributed by atoms with Crippen molar-refractivity contribution < 1.29 is 10.4 Å². The fraction of sp³-hybridized carbons (Fsp3) is 0.222. The van der Waals surface area contributed by atoms with Crippen molar-refractivity contribution in [2.24, 2.45) is 10.3 Å². The van der Waals surface area contributed by atoms with Crippen LogP contribution in [0.4, 0.5) is 0 Å². The minimum Gasteiger partial charge on any atom is -0.411 e. The molecule has 0 unspecified atom stereocenters. The minimum atomic E-state index is 0.786. The second-order valence-electron chi connectivity index (χ2n) is 5.90. The fourth-order valence-corrected chi connectivity index (χ4v) is 5.32. The van der Waals surface area contributed by atoms with Crippen molar-refractivity contribution in [3.05, 3.63) is 58.7 Å².